The molecule has 0 aliphatic heterocycles. The highest BCUT2D eigenvalue weighted by Crippen LogP contribution is 2.15. The SMILES string of the molecule is CC(C)CCc1nc(CN(C)CCC(=O)O)cs1. The van der Waals surface area contributed by atoms with Gasteiger partial charge in [0.25, 0.3) is 0 Å². The minimum atomic E-state index is -0.752. The molecule has 1 rings (SSSR count). The highest BCUT2D eigenvalue weighted by atomic mass is 32.1. The van der Waals surface area contributed by atoms with E-state index in [2.05, 4.69) is 24.2 Å². The van der Waals surface area contributed by atoms with Crippen LogP contribution in [-0.2, 0) is 17.8 Å². The van der Waals surface area contributed by atoms with E-state index in [1.54, 1.807) is 11.3 Å². The minimum Gasteiger partial charge on any atom is -0.481 e. The third-order valence-electron chi connectivity index (χ3n) is 2.67. The van der Waals surface area contributed by atoms with Gasteiger partial charge in [-0.25, -0.2) is 4.98 Å². The van der Waals surface area contributed by atoms with Crippen LogP contribution in [0.25, 0.3) is 0 Å². The van der Waals surface area contributed by atoms with Gasteiger partial charge in [-0.2, -0.15) is 0 Å². The summed E-state index contributed by atoms with van der Waals surface area (Å²) in [4.78, 5) is 17.0. The molecule has 4 nitrogen and oxygen atoms in total. The van der Waals surface area contributed by atoms with E-state index in [4.69, 9.17) is 5.11 Å². The summed E-state index contributed by atoms with van der Waals surface area (Å²) in [5, 5.41) is 11.9. The predicted octanol–water partition coefficient (Wildman–Crippen LogP) is 2.64. The van der Waals surface area contributed by atoms with E-state index in [9.17, 15) is 4.79 Å². The summed E-state index contributed by atoms with van der Waals surface area (Å²) >= 11 is 1.70. The van der Waals surface area contributed by atoms with Crippen molar-refractivity contribution in [1.29, 1.82) is 0 Å². The normalized spacial score (nSPS) is 11.4. The van der Waals surface area contributed by atoms with Gasteiger partial charge in [-0.15, -0.1) is 11.3 Å². The first-order valence-electron chi connectivity index (χ1n) is 6.31. The fourth-order valence-electron chi connectivity index (χ4n) is 1.59. The quantitative estimate of drug-likeness (QED) is 0.789. The number of thiazole rings is 1. The summed E-state index contributed by atoms with van der Waals surface area (Å²) < 4.78 is 0. The molecule has 0 saturated heterocycles. The number of carboxylic acid groups (broad SMARTS) is 1. The number of aromatic nitrogens is 1. The summed E-state index contributed by atoms with van der Waals surface area (Å²) in [7, 11) is 1.93. The van der Waals surface area contributed by atoms with Crippen LogP contribution < -0.4 is 0 Å². The molecule has 102 valence electrons. The van der Waals surface area contributed by atoms with Crippen molar-refractivity contribution in [3.05, 3.63) is 16.1 Å². The van der Waals surface area contributed by atoms with Crippen LogP contribution in [0, 0.1) is 5.92 Å². The van der Waals surface area contributed by atoms with Crippen LogP contribution in [0.3, 0.4) is 0 Å². The van der Waals surface area contributed by atoms with Crippen molar-refractivity contribution in [2.75, 3.05) is 13.6 Å². The van der Waals surface area contributed by atoms with E-state index >= 15 is 0 Å². The van der Waals surface area contributed by atoms with Gasteiger partial charge in [-0.1, -0.05) is 13.8 Å². The fraction of sp³-hybridized carbons (Fsp3) is 0.692. The van der Waals surface area contributed by atoms with Gasteiger partial charge in [0.15, 0.2) is 0 Å². The van der Waals surface area contributed by atoms with Crippen molar-refractivity contribution < 1.29 is 9.90 Å². The van der Waals surface area contributed by atoms with Crippen molar-refractivity contribution in [3.63, 3.8) is 0 Å². The molecule has 0 saturated carbocycles. The molecule has 0 amide bonds. The first-order chi connectivity index (χ1) is 8.47. The Balaban J connectivity index is 2.36. The van der Waals surface area contributed by atoms with E-state index in [0.29, 0.717) is 12.5 Å². The maximum Gasteiger partial charge on any atom is 0.304 e. The molecule has 1 aromatic rings. The van der Waals surface area contributed by atoms with Crippen LogP contribution in [0.2, 0.25) is 0 Å². The van der Waals surface area contributed by atoms with Gasteiger partial charge in [0, 0.05) is 18.5 Å². The van der Waals surface area contributed by atoms with Crippen LogP contribution >= 0.6 is 11.3 Å². The minimum absolute atomic E-state index is 0.181. The third-order valence-corrected chi connectivity index (χ3v) is 3.63. The average molecular weight is 270 g/mol. The van der Waals surface area contributed by atoms with Gasteiger partial charge in [-0.05, 0) is 25.8 Å². The van der Waals surface area contributed by atoms with Crippen molar-refractivity contribution in [2.24, 2.45) is 5.92 Å². The predicted molar refractivity (Wildman–Crippen MR) is 73.9 cm³/mol. The van der Waals surface area contributed by atoms with E-state index in [-0.39, 0.29) is 6.42 Å². The highest BCUT2D eigenvalue weighted by Gasteiger charge is 2.07. The lowest BCUT2D eigenvalue weighted by molar-refractivity contribution is -0.137. The van der Waals surface area contributed by atoms with Gasteiger partial charge in [0.1, 0.15) is 0 Å². The molecule has 0 bridgehead atoms. The topological polar surface area (TPSA) is 53.4 Å². The molecule has 0 spiro atoms. The molecule has 0 aliphatic rings. The number of hydrogen-bond acceptors (Lipinski definition) is 4. The summed E-state index contributed by atoms with van der Waals surface area (Å²) in [5.74, 6) is -0.0478. The second-order valence-corrected chi connectivity index (χ2v) is 5.99. The Kier molecular flexibility index (Phi) is 6.29. The number of aliphatic carboxylic acids is 1. The summed E-state index contributed by atoms with van der Waals surface area (Å²) in [5.41, 5.74) is 1.05. The van der Waals surface area contributed by atoms with E-state index in [1.807, 2.05) is 11.9 Å². The maximum absolute atomic E-state index is 10.5. The first kappa shape index (κ1) is 15.1. The molecular formula is C13H22N2O2S. The zero-order valence-corrected chi connectivity index (χ0v) is 12.2. The number of hydrogen-bond donors (Lipinski definition) is 1. The van der Waals surface area contributed by atoms with E-state index in [1.165, 1.54) is 11.4 Å². The van der Waals surface area contributed by atoms with Crippen LogP contribution in [-0.4, -0.2) is 34.6 Å². The van der Waals surface area contributed by atoms with Gasteiger partial charge >= 0.3 is 5.97 Å². The second kappa shape index (κ2) is 7.48. The Morgan fingerprint density at radius 1 is 1.56 bits per heavy atom. The Hall–Kier alpha value is -0.940. The highest BCUT2D eigenvalue weighted by molar-refractivity contribution is 7.09. The number of carbonyl (C=O) groups is 1. The lowest BCUT2D eigenvalue weighted by atomic mass is 10.1. The molecule has 0 aliphatic carbocycles. The molecular weight excluding hydrogens is 248 g/mol. The zero-order valence-electron chi connectivity index (χ0n) is 11.3. The van der Waals surface area contributed by atoms with Crippen molar-refractivity contribution >= 4 is 17.3 Å². The van der Waals surface area contributed by atoms with Crippen molar-refractivity contribution in [1.82, 2.24) is 9.88 Å². The summed E-state index contributed by atoms with van der Waals surface area (Å²) in [6.45, 7) is 5.72. The van der Waals surface area contributed by atoms with E-state index in [0.717, 1.165) is 18.7 Å². The molecule has 5 heteroatoms. The standard InChI is InChI=1S/C13H22N2O2S/c1-10(2)4-5-12-14-11(9-18-12)8-15(3)7-6-13(16)17/h9-10H,4-8H2,1-3H3,(H,16,17). The van der Waals surface area contributed by atoms with Crippen LogP contribution in [0.1, 0.15) is 37.4 Å². The Morgan fingerprint density at radius 3 is 2.89 bits per heavy atom. The molecule has 1 N–H and O–H groups in total. The molecule has 18 heavy (non-hydrogen) atoms. The third kappa shape index (κ3) is 6.12. The number of carboxylic acids is 1. The Labute approximate surface area is 113 Å². The number of rotatable bonds is 8. The van der Waals surface area contributed by atoms with Crippen molar-refractivity contribution in [3.8, 4) is 0 Å². The Bertz CT molecular complexity index is 377. The lowest BCUT2D eigenvalue weighted by Crippen LogP contribution is -2.21. The van der Waals surface area contributed by atoms with Crippen LogP contribution in [0.4, 0.5) is 0 Å². The molecule has 0 unspecified atom stereocenters. The van der Waals surface area contributed by atoms with Crippen molar-refractivity contribution in [2.45, 2.75) is 39.7 Å². The van der Waals surface area contributed by atoms with E-state index < -0.39 is 5.97 Å². The fourth-order valence-corrected chi connectivity index (χ4v) is 2.40. The van der Waals surface area contributed by atoms with Gasteiger partial charge in [-0.3, -0.25) is 9.69 Å². The molecule has 1 aromatic heterocycles. The molecule has 1 heterocycles. The van der Waals surface area contributed by atoms with Crippen LogP contribution in [0.15, 0.2) is 5.38 Å². The molecule has 0 fully saturated rings. The van der Waals surface area contributed by atoms with Gasteiger partial charge in [0.05, 0.1) is 17.1 Å². The Morgan fingerprint density at radius 2 is 2.28 bits per heavy atom. The van der Waals surface area contributed by atoms with Crippen LogP contribution in [0.5, 0.6) is 0 Å². The largest absolute Gasteiger partial charge is 0.481 e. The second-order valence-electron chi connectivity index (χ2n) is 5.05. The maximum atomic E-state index is 10.5. The smallest absolute Gasteiger partial charge is 0.304 e. The molecule has 0 atom stereocenters. The first-order valence-corrected chi connectivity index (χ1v) is 7.19. The zero-order chi connectivity index (χ0) is 13.5. The van der Waals surface area contributed by atoms with Gasteiger partial charge in [0.2, 0.25) is 0 Å². The molecule has 0 aromatic carbocycles. The number of nitrogens with zero attached hydrogens (tertiary/aromatic N) is 2. The lowest BCUT2D eigenvalue weighted by Gasteiger charge is -2.13. The van der Waals surface area contributed by atoms with Gasteiger partial charge < -0.3 is 5.11 Å². The molecule has 0 radical (unpaired) electrons. The summed E-state index contributed by atoms with van der Waals surface area (Å²) in [6.07, 6.45) is 2.39. The summed E-state index contributed by atoms with van der Waals surface area (Å²) in [6, 6.07) is 0. The average Bonchev–Trinajstić information content (AvgIpc) is 2.71. The monoisotopic (exact) mass is 270 g/mol. The number of aryl methyl sites for hydroxylation is 1.